The van der Waals surface area contributed by atoms with Gasteiger partial charge in [0, 0.05) is 12.5 Å². The Balaban J connectivity index is 0.00000242. The first-order valence-electron chi connectivity index (χ1n) is 7.27. The highest BCUT2D eigenvalue weighted by atomic mass is 35.5. The predicted molar refractivity (Wildman–Crippen MR) is 88.9 cm³/mol. The van der Waals surface area contributed by atoms with E-state index in [-0.39, 0.29) is 12.4 Å². The fraction of sp³-hybridized carbons (Fsp3) is 0.500. The summed E-state index contributed by atoms with van der Waals surface area (Å²) in [5.74, 6) is 2.27. The van der Waals surface area contributed by atoms with E-state index < -0.39 is 0 Å². The van der Waals surface area contributed by atoms with Crippen molar-refractivity contribution in [2.45, 2.75) is 39.7 Å². The Morgan fingerprint density at radius 3 is 2.82 bits per heavy atom. The molecule has 122 valence electrons. The normalized spacial score (nSPS) is 11.8. The van der Waals surface area contributed by atoms with E-state index in [0.717, 1.165) is 23.6 Å². The summed E-state index contributed by atoms with van der Waals surface area (Å²) >= 11 is 0. The molecule has 1 aromatic carbocycles. The number of aryl methyl sites for hydroxylation is 2. The first kappa shape index (κ1) is 18.5. The third-order valence-electron chi connectivity index (χ3n) is 3.41. The van der Waals surface area contributed by atoms with Gasteiger partial charge in [-0.25, -0.2) is 0 Å². The summed E-state index contributed by atoms with van der Waals surface area (Å²) in [6.45, 7) is 6.71. The molecule has 1 unspecified atom stereocenters. The minimum absolute atomic E-state index is 0. The Hall–Kier alpha value is -1.59. The lowest BCUT2D eigenvalue weighted by atomic mass is 10.1. The predicted octanol–water partition coefficient (Wildman–Crippen LogP) is 2.88. The van der Waals surface area contributed by atoms with Crippen LogP contribution in [-0.4, -0.2) is 29.8 Å². The number of nitrogens with zero attached hydrogens (tertiary/aromatic N) is 2. The van der Waals surface area contributed by atoms with Gasteiger partial charge >= 0.3 is 0 Å². The molecule has 0 aliphatic rings. The van der Waals surface area contributed by atoms with E-state index in [4.69, 9.17) is 9.26 Å². The van der Waals surface area contributed by atoms with E-state index in [2.05, 4.69) is 41.4 Å². The van der Waals surface area contributed by atoms with Crippen molar-refractivity contribution in [1.82, 2.24) is 15.5 Å². The van der Waals surface area contributed by atoms with Crippen LogP contribution >= 0.6 is 12.4 Å². The second-order valence-electron chi connectivity index (χ2n) is 5.37. The fourth-order valence-corrected chi connectivity index (χ4v) is 1.96. The zero-order valence-electron chi connectivity index (χ0n) is 13.5. The Labute approximate surface area is 137 Å². The summed E-state index contributed by atoms with van der Waals surface area (Å²) in [7, 11) is 1.92. The Bertz CT molecular complexity index is 587. The number of nitrogens with one attached hydrogen (secondary N) is 1. The summed E-state index contributed by atoms with van der Waals surface area (Å²) in [6.07, 6.45) is 1.38. The zero-order chi connectivity index (χ0) is 15.2. The Morgan fingerprint density at radius 1 is 1.32 bits per heavy atom. The molecule has 2 rings (SSSR count). The fourth-order valence-electron chi connectivity index (χ4n) is 1.96. The van der Waals surface area contributed by atoms with Crippen molar-refractivity contribution >= 4 is 12.4 Å². The van der Waals surface area contributed by atoms with Crippen LogP contribution in [0.25, 0.3) is 0 Å². The highest BCUT2D eigenvalue weighted by molar-refractivity contribution is 5.85. The lowest BCUT2D eigenvalue weighted by Gasteiger charge is -2.08. The molecular formula is C16H24ClN3O2. The Morgan fingerprint density at radius 2 is 2.09 bits per heavy atom. The van der Waals surface area contributed by atoms with Gasteiger partial charge in [0.2, 0.25) is 5.89 Å². The average Bonchev–Trinajstić information content (AvgIpc) is 2.90. The zero-order valence-corrected chi connectivity index (χ0v) is 14.4. The van der Waals surface area contributed by atoms with Crippen LogP contribution in [0.1, 0.15) is 29.8 Å². The van der Waals surface area contributed by atoms with Crippen LogP contribution in [0, 0.1) is 13.8 Å². The molecule has 5 nitrogen and oxygen atoms in total. The molecule has 0 spiro atoms. The van der Waals surface area contributed by atoms with Gasteiger partial charge in [0.25, 0.3) is 0 Å². The third kappa shape index (κ3) is 5.31. The van der Waals surface area contributed by atoms with Crippen LogP contribution in [0.15, 0.2) is 22.7 Å². The van der Waals surface area contributed by atoms with E-state index >= 15 is 0 Å². The molecule has 0 aliphatic heterocycles. The molecule has 22 heavy (non-hydrogen) atoms. The van der Waals surface area contributed by atoms with E-state index in [1.54, 1.807) is 0 Å². The van der Waals surface area contributed by atoms with Crippen LogP contribution in [-0.2, 0) is 12.8 Å². The topological polar surface area (TPSA) is 60.2 Å². The lowest BCUT2D eigenvalue weighted by Crippen LogP contribution is -2.24. The molecule has 6 heteroatoms. The largest absolute Gasteiger partial charge is 0.493 e. The van der Waals surface area contributed by atoms with Crippen LogP contribution in [0.5, 0.6) is 5.75 Å². The van der Waals surface area contributed by atoms with Crippen LogP contribution < -0.4 is 10.1 Å². The molecule has 0 amide bonds. The number of hydrogen-bond acceptors (Lipinski definition) is 5. The minimum Gasteiger partial charge on any atom is -0.493 e. The number of halogens is 1. The van der Waals surface area contributed by atoms with Gasteiger partial charge in [0.15, 0.2) is 5.82 Å². The summed E-state index contributed by atoms with van der Waals surface area (Å²) in [6, 6.07) is 6.52. The molecule has 0 radical (unpaired) electrons. The van der Waals surface area contributed by atoms with Crippen LogP contribution in [0.4, 0.5) is 0 Å². The molecule has 0 saturated carbocycles. The molecular weight excluding hydrogens is 302 g/mol. The van der Waals surface area contributed by atoms with Crippen molar-refractivity contribution in [3.8, 4) is 5.75 Å². The highest BCUT2D eigenvalue weighted by Gasteiger charge is 2.09. The average molecular weight is 326 g/mol. The van der Waals surface area contributed by atoms with Gasteiger partial charge in [-0.2, -0.15) is 4.98 Å². The molecule has 0 saturated heterocycles. The minimum atomic E-state index is 0. The number of ether oxygens (including phenoxy) is 1. The number of likely N-dealkylation sites (N-methyl/N-ethyl adjacent to an activating group) is 1. The van der Waals surface area contributed by atoms with Crippen molar-refractivity contribution in [2.75, 3.05) is 13.7 Å². The van der Waals surface area contributed by atoms with Gasteiger partial charge < -0.3 is 14.6 Å². The number of hydrogen-bond donors (Lipinski definition) is 1. The van der Waals surface area contributed by atoms with Gasteiger partial charge in [0.1, 0.15) is 5.75 Å². The number of aromatic nitrogens is 2. The number of rotatable bonds is 7. The van der Waals surface area contributed by atoms with Crippen molar-refractivity contribution in [1.29, 1.82) is 0 Å². The van der Waals surface area contributed by atoms with Crippen molar-refractivity contribution in [2.24, 2.45) is 0 Å². The maximum absolute atomic E-state index is 5.79. The molecule has 0 fully saturated rings. The van der Waals surface area contributed by atoms with E-state index in [1.807, 2.05) is 20.0 Å². The maximum atomic E-state index is 5.79. The third-order valence-corrected chi connectivity index (χ3v) is 3.41. The maximum Gasteiger partial charge on any atom is 0.230 e. The first-order chi connectivity index (χ1) is 10.1. The molecule has 0 bridgehead atoms. The van der Waals surface area contributed by atoms with E-state index in [0.29, 0.717) is 25.0 Å². The second-order valence-corrected chi connectivity index (χ2v) is 5.37. The second kappa shape index (κ2) is 8.76. The molecule has 2 aromatic rings. The van der Waals surface area contributed by atoms with Crippen molar-refractivity contribution < 1.29 is 9.26 Å². The van der Waals surface area contributed by atoms with Gasteiger partial charge in [0.05, 0.1) is 13.0 Å². The standard InChI is InChI=1S/C16H23N3O2.ClH/c1-11-5-6-12(2)14(9-11)20-8-7-16-18-15(19-21-16)10-13(3)17-4;/h5-6,9,13,17H,7-8,10H2,1-4H3;1H. The SMILES string of the molecule is CNC(C)Cc1noc(CCOc2cc(C)ccc2C)n1.Cl. The monoisotopic (exact) mass is 325 g/mol. The molecule has 1 N–H and O–H groups in total. The van der Waals surface area contributed by atoms with Gasteiger partial charge in [-0.1, -0.05) is 17.3 Å². The summed E-state index contributed by atoms with van der Waals surface area (Å²) < 4.78 is 11.0. The van der Waals surface area contributed by atoms with Crippen LogP contribution in [0.2, 0.25) is 0 Å². The van der Waals surface area contributed by atoms with Crippen molar-refractivity contribution in [3.05, 3.63) is 41.0 Å². The number of benzene rings is 1. The van der Waals surface area contributed by atoms with E-state index in [9.17, 15) is 0 Å². The van der Waals surface area contributed by atoms with Gasteiger partial charge in [-0.3, -0.25) is 0 Å². The van der Waals surface area contributed by atoms with E-state index in [1.165, 1.54) is 5.56 Å². The summed E-state index contributed by atoms with van der Waals surface area (Å²) in [4.78, 5) is 4.37. The van der Waals surface area contributed by atoms with Crippen molar-refractivity contribution in [3.63, 3.8) is 0 Å². The molecule has 0 aliphatic carbocycles. The highest BCUT2D eigenvalue weighted by Crippen LogP contribution is 2.19. The molecule has 1 atom stereocenters. The Kier molecular flexibility index (Phi) is 7.35. The summed E-state index contributed by atoms with van der Waals surface area (Å²) in [5.41, 5.74) is 2.33. The summed E-state index contributed by atoms with van der Waals surface area (Å²) in [5, 5.41) is 7.13. The van der Waals surface area contributed by atoms with Gasteiger partial charge in [-0.05, 0) is 45.0 Å². The molecule has 1 heterocycles. The van der Waals surface area contributed by atoms with Crippen LogP contribution in [0.3, 0.4) is 0 Å². The molecule has 1 aromatic heterocycles. The lowest BCUT2D eigenvalue weighted by molar-refractivity contribution is 0.290. The quantitative estimate of drug-likeness (QED) is 0.848. The van der Waals surface area contributed by atoms with Gasteiger partial charge in [-0.15, -0.1) is 12.4 Å². The first-order valence-corrected chi connectivity index (χ1v) is 7.27. The smallest absolute Gasteiger partial charge is 0.230 e.